The summed E-state index contributed by atoms with van der Waals surface area (Å²) in [6.45, 7) is 5.62. The second-order valence-electron chi connectivity index (χ2n) is 4.22. The van der Waals surface area contributed by atoms with E-state index in [9.17, 15) is 0 Å². The van der Waals surface area contributed by atoms with Gasteiger partial charge in [-0.2, -0.15) is 0 Å². The van der Waals surface area contributed by atoms with Gasteiger partial charge in [0, 0.05) is 19.1 Å². The molecule has 1 rings (SSSR count). The van der Waals surface area contributed by atoms with Crippen molar-refractivity contribution in [2.24, 2.45) is 5.73 Å². The first-order valence-electron chi connectivity index (χ1n) is 4.88. The van der Waals surface area contributed by atoms with Gasteiger partial charge in [-0.3, -0.25) is 0 Å². The molecule has 0 aliphatic carbocycles. The van der Waals surface area contributed by atoms with E-state index in [0.29, 0.717) is 13.2 Å². The molecule has 78 valence electrons. The summed E-state index contributed by atoms with van der Waals surface area (Å²) in [5.74, 6) is 0. The topological polar surface area (TPSA) is 35.2 Å². The third kappa shape index (κ3) is 2.56. The first-order valence-corrected chi connectivity index (χ1v) is 4.88. The minimum Gasteiger partial charge on any atom is -0.380 e. The van der Waals surface area contributed by atoms with Gasteiger partial charge in [-0.05, 0) is 11.1 Å². The van der Waals surface area contributed by atoms with Gasteiger partial charge in [0.1, 0.15) is 0 Å². The molecule has 0 amide bonds. The van der Waals surface area contributed by atoms with E-state index < -0.39 is 0 Å². The van der Waals surface area contributed by atoms with Crippen molar-refractivity contribution >= 4 is 0 Å². The summed E-state index contributed by atoms with van der Waals surface area (Å²) in [4.78, 5) is 0. The van der Waals surface area contributed by atoms with E-state index in [4.69, 9.17) is 10.5 Å². The molecule has 0 bridgehead atoms. The fraction of sp³-hybridized carbons (Fsp3) is 0.500. The quantitative estimate of drug-likeness (QED) is 0.794. The summed E-state index contributed by atoms with van der Waals surface area (Å²) in [6.07, 6.45) is 0. The molecule has 2 nitrogen and oxygen atoms in total. The Morgan fingerprint density at radius 3 is 2.64 bits per heavy atom. The van der Waals surface area contributed by atoms with Crippen LogP contribution < -0.4 is 5.73 Å². The lowest BCUT2D eigenvalue weighted by molar-refractivity contribution is 0.184. The molecule has 0 unspecified atom stereocenters. The zero-order valence-corrected chi connectivity index (χ0v) is 9.21. The van der Waals surface area contributed by atoms with Gasteiger partial charge in [0.15, 0.2) is 0 Å². The van der Waals surface area contributed by atoms with Crippen molar-refractivity contribution < 1.29 is 4.74 Å². The molecule has 0 heterocycles. The molecule has 1 aromatic carbocycles. The van der Waals surface area contributed by atoms with Gasteiger partial charge in [0.25, 0.3) is 0 Å². The molecule has 0 aromatic heterocycles. The Morgan fingerprint density at radius 2 is 2.07 bits per heavy atom. The summed E-state index contributed by atoms with van der Waals surface area (Å²) in [5.41, 5.74) is 8.25. The Kier molecular flexibility index (Phi) is 3.67. The number of hydrogen-bond donors (Lipinski definition) is 1. The van der Waals surface area contributed by atoms with Crippen molar-refractivity contribution in [1.29, 1.82) is 0 Å². The number of benzene rings is 1. The SMILES string of the molecule is COCc1cccc(C(C)(C)CN)c1. The summed E-state index contributed by atoms with van der Waals surface area (Å²) < 4.78 is 5.10. The van der Waals surface area contributed by atoms with Crippen LogP contribution in [0.4, 0.5) is 0 Å². The maximum Gasteiger partial charge on any atom is 0.0713 e. The van der Waals surface area contributed by atoms with Gasteiger partial charge in [0.05, 0.1) is 6.61 Å². The highest BCUT2D eigenvalue weighted by Gasteiger charge is 2.18. The van der Waals surface area contributed by atoms with Crippen molar-refractivity contribution in [1.82, 2.24) is 0 Å². The smallest absolute Gasteiger partial charge is 0.0713 e. The van der Waals surface area contributed by atoms with E-state index >= 15 is 0 Å². The fourth-order valence-corrected chi connectivity index (χ4v) is 1.37. The lowest BCUT2D eigenvalue weighted by atomic mass is 9.84. The van der Waals surface area contributed by atoms with Gasteiger partial charge < -0.3 is 10.5 Å². The van der Waals surface area contributed by atoms with Crippen molar-refractivity contribution in [3.8, 4) is 0 Å². The summed E-state index contributed by atoms with van der Waals surface area (Å²) >= 11 is 0. The van der Waals surface area contributed by atoms with Crippen LogP contribution >= 0.6 is 0 Å². The van der Waals surface area contributed by atoms with E-state index in [2.05, 4.69) is 38.1 Å². The van der Waals surface area contributed by atoms with E-state index in [-0.39, 0.29) is 5.41 Å². The molecule has 2 heteroatoms. The lowest BCUT2D eigenvalue weighted by Crippen LogP contribution is -2.28. The van der Waals surface area contributed by atoms with Crippen molar-refractivity contribution in [3.05, 3.63) is 35.4 Å². The zero-order chi connectivity index (χ0) is 10.6. The Labute approximate surface area is 86.1 Å². The van der Waals surface area contributed by atoms with Gasteiger partial charge in [-0.15, -0.1) is 0 Å². The molecule has 0 atom stereocenters. The third-order valence-electron chi connectivity index (χ3n) is 2.53. The molecular formula is C12H19NO. The van der Waals surface area contributed by atoms with Crippen LogP contribution in [0.15, 0.2) is 24.3 Å². The van der Waals surface area contributed by atoms with Crippen LogP contribution in [0.2, 0.25) is 0 Å². The largest absolute Gasteiger partial charge is 0.380 e. The molecule has 0 radical (unpaired) electrons. The predicted octanol–water partition coefficient (Wildman–Crippen LogP) is 2.07. The van der Waals surface area contributed by atoms with Crippen LogP contribution in [0.1, 0.15) is 25.0 Å². The first-order chi connectivity index (χ1) is 6.60. The van der Waals surface area contributed by atoms with Gasteiger partial charge >= 0.3 is 0 Å². The predicted molar refractivity (Wildman–Crippen MR) is 59.2 cm³/mol. The van der Waals surface area contributed by atoms with Crippen LogP contribution in [0.5, 0.6) is 0 Å². The minimum absolute atomic E-state index is 0.0454. The lowest BCUT2D eigenvalue weighted by Gasteiger charge is -2.23. The minimum atomic E-state index is 0.0454. The summed E-state index contributed by atoms with van der Waals surface area (Å²) in [6, 6.07) is 8.41. The molecule has 0 fully saturated rings. The maximum absolute atomic E-state index is 5.73. The fourth-order valence-electron chi connectivity index (χ4n) is 1.37. The second kappa shape index (κ2) is 4.58. The Bertz CT molecular complexity index is 294. The Balaban J connectivity index is 2.93. The van der Waals surface area contributed by atoms with Crippen molar-refractivity contribution in [2.45, 2.75) is 25.9 Å². The van der Waals surface area contributed by atoms with Gasteiger partial charge in [-0.1, -0.05) is 38.1 Å². The van der Waals surface area contributed by atoms with Gasteiger partial charge in [0.2, 0.25) is 0 Å². The molecule has 1 aromatic rings. The van der Waals surface area contributed by atoms with Crippen LogP contribution in [-0.2, 0) is 16.8 Å². The second-order valence-corrected chi connectivity index (χ2v) is 4.22. The molecule has 0 saturated carbocycles. The molecule has 14 heavy (non-hydrogen) atoms. The van der Waals surface area contributed by atoms with E-state index in [1.54, 1.807) is 7.11 Å². The molecule has 0 saturated heterocycles. The highest BCUT2D eigenvalue weighted by Crippen LogP contribution is 2.22. The van der Waals surface area contributed by atoms with Crippen LogP contribution in [0.25, 0.3) is 0 Å². The average Bonchev–Trinajstić information content (AvgIpc) is 2.19. The third-order valence-corrected chi connectivity index (χ3v) is 2.53. The van der Waals surface area contributed by atoms with E-state index in [0.717, 1.165) is 0 Å². The number of hydrogen-bond acceptors (Lipinski definition) is 2. The molecule has 0 aliphatic heterocycles. The number of nitrogens with two attached hydrogens (primary N) is 1. The number of methoxy groups -OCH3 is 1. The zero-order valence-electron chi connectivity index (χ0n) is 9.21. The molecule has 0 aliphatic rings. The normalized spacial score (nSPS) is 11.7. The van der Waals surface area contributed by atoms with E-state index in [1.165, 1.54) is 11.1 Å². The number of ether oxygens (including phenoxy) is 1. The average molecular weight is 193 g/mol. The van der Waals surface area contributed by atoms with Crippen LogP contribution in [-0.4, -0.2) is 13.7 Å². The maximum atomic E-state index is 5.73. The first kappa shape index (κ1) is 11.2. The summed E-state index contributed by atoms with van der Waals surface area (Å²) in [7, 11) is 1.71. The van der Waals surface area contributed by atoms with Gasteiger partial charge in [-0.25, -0.2) is 0 Å². The molecule has 2 N–H and O–H groups in total. The highest BCUT2D eigenvalue weighted by atomic mass is 16.5. The van der Waals surface area contributed by atoms with Crippen molar-refractivity contribution in [3.63, 3.8) is 0 Å². The van der Waals surface area contributed by atoms with Crippen LogP contribution in [0.3, 0.4) is 0 Å². The highest BCUT2D eigenvalue weighted by molar-refractivity contribution is 5.29. The van der Waals surface area contributed by atoms with Crippen LogP contribution in [0, 0.1) is 0 Å². The molecule has 0 spiro atoms. The molecular weight excluding hydrogens is 174 g/mol. The summed E-state index contributed by atoms with van der Waals surface area (Å²) in [5, 5.41) is 0. The standard InChI is InChI=1S/C12H19NO/c1-12(2,9-13)11-6-4-5-10(7-11)8-14-3/h4-7H,8-9,13H2,1-3H3. The Morgan fingerprint density at radius 1 is 1.36 bits per heavy atom. The Hall–Kier alpha value is -0.860. The van der Waals surface area contributed by atoms with Crippen molar-refractivity contribution in [2.75, 3.05) is 13.7 Å². The van der Waals surface area contributed by atoms with E-state index in [1.807, 2.05) is 0 Å². The monoisotopic (exact) mass is 193 g/mol. The number of rotatable bonds is 4.